The van der Waals surface area contributed by atoms with Crippen molar-refractivity contribution in [1.29, 1.82) is 0 Å². The minimum atomic E-state index is 0.225. The molecule has 1 amide bonds. The summed E-state index contributed by atoms with van der Waals surface area (Å²) < 4.78 is 5.40. The molecule has 2 saturated heterocycles. The van der Waals surface area contributed by atoms with Gasteiger partial charge in [-0.15, -0.1) is 0 Å². The molecule has 4 nitrogen and oxygen atoms in total. The number of hydrogen-bond donors (Lipinski definition) is 2. The summed E-state index contributed by atoms with van der Waals surface area (Å²) in [7, 11) is 0. The van der Waals surface area contributed by atoms with Crippen LogP contribution in [0.2, 0.25) is 0 Å². The van der Waals surface area contributed by atoms with Crippen LogP contribution in [0.3, 0.4) is 0 Å². The highest BCUT2D eigenvalue weighted by Gasteiger charge is 2.18. The van der Waals surface area contributed by atoms with Gasteiger partial charge in [0.2, 0.25) is 5.91 Å². The van der Waals surface area contributed by atoms with Gasteiger partial charge < -0.3 is 15.4 Å². The van der Waals surface area contributed by atoms with Gasteiger partial charge in [0.1, 0.15) is 0 Å². The van der Waals surface area contributed by atoms with E-state index in [1.54, 1.807) is 0 Å². The van der Waals surface area contributed by atoms with Crippen LogP contribution in [0.1, 0.15) is 32.1 Å². The van der Waals surface area contributed by atoms with Crippen molar-refractivity contribution in [3.63, 3.8) is 0 Å². The molecule has 2 heterocycles. The summed E-state index contributed by atoms with van der Waals surface area (Å²) in [5, 5.41) is 6.38. The van der Waals surface area contributed by atoms with Gasteiger partial charge >= 0.3 is 0 Å². The van der Waals surface area contributed by atoms with Gasteiger partial charge in [0, 0.05) is 19.6 Å². The lowest BCUT2D eigenvalue weighted by molar-refractivity contribution is -0.122. The highest BCUT2D eigenvalue weighted by molar-refractivity contribution is 5.76. The Morgan fingerprint density at radius 1 is 1.24 bits per heavy atom. The van der Waals surface area contributed by atoms with Crippen molar-refractivity contribution >= 4 is 5.91 Å². The molecule has 17 heavy (non-hydrogen) atoms. The fourth-order valence-corrected chi connectivity index (χ4v) is 2.65. The summed E-state index contributed by atoms with van der Waals surface area (Å²) in [4.78, 5) is 11.8. The van der Waals surface area contributed by atoms with E-state index in [2.05, 4.69) is 10.6 Å². The molecular formula is C13H24N2O2. The van der Waals surface area contributed by atoms with Crippen LogP contribution in [-0.2, 0) is 9.53 Å². The monoisotopic (exact) mass is 240 g/mol. The van der Waals surface area contributed by atoms with Crippen LogP contribution >= 0.6 is 0 Å². The molecule has 0 saturated carbocycles. The Bertz CT molecular complexity index is 234. The summed E-state index contributed by atoms with van der Waals surface area (Å²) in [5.74, 6) is 1.34. The van der Waals surface area contributed by atoms with Gasteiger partial charge in [-0.25, -0.2) is 0 Å². The summed E-state index contributed by atoms with van der Waals surface area (Å²) in [5.41, 5.74) is 0. The summed E-state index contributed by atoms with van der Waals surface area (Å²) in [6.45, 7) is 4.62. The average molecular weight is 240 g/mol. The Kier molecular flexibility index (Phi) is 5.26. The molecule has 0 spiro atoms. The molecule has 1 atom stereocenters. The van der Waals surface area contributed by atoms with Crippen molar-refractivity contribution in [2.45, 2.75) is 32.1 Å². The molecule has 2 rings (SSSR count). The second-order valence-electron chi connectivity index (χ2n) is 5.28. The van der Waals surface area contributed by atoms with E-state index in [-0.39, 0.29) is 5.91 Å². The third kappa shape index (κ3) is 4.64. The molecule has 2 N–H and O–H groups in total. The van der Waals surface area contributed by atoms with Gasteiger partial charge in [-0.05, 0) is 50.6 Å². The lowest BCUT2D eigenvalue weighted by atomic mass is 9.94. The quantitative estimate of drug-likeness (QED) is 0.768. The third-order valence-corrected chi connectivity index (χ3v) is 3.78. The molecule has 0 aromatic heterocycles. The molecular weight excluding hydrogens is 216 g/mol. The standard InChI is InChI=1S/C13H24N2O2/c16-13(8-11-3-5-14-6-4-11)15-9-12-2-1-7-17-10-12/h11-12,14H,1-10H2,(H,15,16). The number of ether oxygens (including phenoxy) is 1. The summed E-state index contributed by atoms with van der Waals surface area (Å²) in [6.07, 6.45) is 5.30. The van der Waals surface area contributed by atoms with Gasteiger partial charge in [0.15, 0.2) is 0 Å². The average Bonchev–Trinajstić information content (AvgIpc) is 2.39. The first-order valence-corrected chi connectivity index (χ1v) is 6.90. The van der Waals surface area contributed by atoms with Gasteiger partial charge in [-0.2, -0.15) is 0 Å². The first kappa shape index (κ1) is 12.8. The highest BCUT2D eigenvalue weighted by atomic mass is 16.5. The lowest BCUT2D eigenvalue weighted by Crippen LogP contribution is -2.36. The number of rotatable bonds is 4. The molecule has 4 heteroatoms. The van der Waals surface area contributed by atoms with Gasteiger partial charge in [0.25, 0.3) is 0 Å². The maximum atomic E-state index is 11.8. The Hall–Kier alpha value is -0.610. The van der Waals surface area contributed by atoms with Crippen LogP contribution in [0.4, 0.5) is 0 Å². The molecule has 2 fully saturated rings. The van der Waals surface area contributed by atoms with E-state index in [0.717, 1.165) is 52.1 Å². The summed E-state index contributed by atoms with van der Waals surface area (Å²) >= 11 is 0. The van der Waals surface area contributed by atoms with E-state index >= 15 is 0 Å². The Balaban J connectivity index is 1.59. The minimum Gasteiger partial charge on any atom is -0.381 e. The molecule has 0 aromatic carbocycles. The fourth-order valence-electron chi connectivity index (χ4n) is 2.65. The molecule has 0 aliphatic carbocycles. The zero-order chi connectivity index (χ0) is 11.9. The molecule has 2 aliphatic rings. The van der Waals surface area contributed by atoms with Crippen LogP contribution in [0.5, 0.6) is 0 Å². The summed E-state index contributed by atoms with van der Waals surface area (Å²) in [6, 6.07) is 0. The smallest absolute Gasteiger partial charge is 0.220 e. The predicted octanol–water partition coefficient (Wildman–Crippen LogP) is 0.919. The van der Waals surface area contributed by atoms with E-state index in [9.17, 15) is 4.79 Å². The second-order valence-corrected chi connectivity index (χ2v) is 5.28. The van der Waals surface area contributed by atoms with Crippen molar-refractivity contribution in [2.75, 3.05) is 32.8 Å². The highest BCUT2D eigenvalue weighted by Crippen LogP contribution is 2.16. The van der Waals surface area contributed by atoms with Crippen LogP contribution in [0, 0.1) is 11.8 Å². The van der Waals surface area contributed by atoms with Crippen LogP contribution < -0.4 is 10.6 Å². The molecule has 98 valence electrons. The first-order chi connectivity index (χ1) is 8.34. The van der Waals surface area contributed by atoms with Crippen LogP contribution in [0.15, 0.2) is 0 Å². The molecule has 1 unspecified atom stereocenters. The number of piperidine rings is 1. The van der Waals surface area contributed by atoms with Crippen LogP contribution in [-0.4, -0.2) is 38.8 Å². The van der Waals surface area contributed by atoms with Gasteiger partial charge in [0.05, 0.1) is 6.61 Å². The van der Waals surface area contributed by atoms with Crippen molar-refractivity contribution in [3.8, 4) is 0 Å². The topological polar surface area (TPSA) is 50.4 Å². The predicted molar refractivity (Wildman–Crippen MR) is 66.8 cm³/mol. The van der Waals surface area contributed by atoms with E-state index < -0.39 is 0 Å². The van der Waals surface area contributed by atoms with E-state index in [1.165, 1.54) is 6.42 Å². The zero-order valence-electron chi connectivity index (χ0n) is 10.5. The first-order valence-electron chi connectivity index (χ1n) is 6.90. The fraction of sp³-hybridized carbons (Fsp3) is 0.923. The number of nitrogens with one attached hydrogen (secondary N) is 2. The zero-order valence-corrected chi connectivity index (χ0v) is 10.5. The normalized spacial score (nSPS) is 26.7. The number of amides is 1. The molecule has 0 aromatic rings. The number of carbonyl (C=O) groups is 1. The Morgan fingerprint density at radius 2 is 2.06 bits per heavy atom. The van der Waals surface area contributed by atoms with Crippen LogP contribution in [0.25, 0.3) is 0 Å². The van der Waals surface area contributed by atoms with Crippen molar-refractivity contribution in [2.24, 2.45) is 11.8 Å². The third-order valence-electron chi connectivity index (χ3n) is 3.78. The van der Waals surface area contributed by atoms with Gasteiger partial charge in [-0.1, -0.05) is 0 Å². The van der Waals surface area contributed by atoms with E-state index in [0.29, 0.717) is 18.3 Å². The molecule has 0 radical (unpaired) electrons. The van der Waals surface area contributed by atoms with E-state index in [4.69, 9.17) is 4.74 Å². The number of hydrogen-bond acceptors (Lipinski definition) is 3. The minimum absolute atomic E-state index is 0.225. The number of carbonyl (C=O) groups excluding carboxylic acids is 1. The maximum absolute atomic E-state index is 11.8. The van der Waals surface area contributed by atoms with Crippen molar-refractivity contribution in [3.05, 3.63) is 0 Å². The largest absolute Gasteiger partial charge is 0.381 e. The Labute approximate surface area is 103 Å². The van der Waals surface area contributed by atoms with E-state index in [1.807, 2.05) is 0 Å². The molecule has 2 aliphatic heterocycles. The lowest BCUT2D eigenvalue weighted by Gasteiger charge is -2.24. The van der Waals surface area contributed by atoms with Gasteiger partial charge in [-0.3, -0.25) is 4.79 Å². The maximum Gasteiger partial charge on any atom is 0.220 e. The SMILES string of the molecule is O=C(CC1CCNCC1)NCC1CCCOC1. The second kappa shape index (κ2) is 6.97. The Morgan fingerprint density at radius 3 is 2.76 bits per heavy atom. The molecule has 0 bridgehead atoms. The van der Waals surface area contributed by atoms with Crippen molar-refractivity contribution < 1.29 is 9.53 Å². The van der Waals surface area contributed by atoms with Crippen molar-refractivity contribution in [1.82, 2.24) is 10.6 Å².